The van der Waals surface area contributed by atoms with Crippen molar-refractivity contribution in [1.82, 2.24) is 0 Å². The minimum Gasteiger partial charge on any atom is -0.496 e. The molecular formula is C21H23NO4. The van der Waals surface area contributed by atoms with Crippen molar-refractivity contribution in [1.29, 1.82) is 5.26 Å². The molecule has 0 aliphatic heterocycles. The van der Waals surface area contributed by atoms with Gasteiger partial charge in [0, 0.05) is 0 Å². The third-order valence-corrected chi connectivity index (χ3v) is 4.29. The van der Waals surface area contributed by atoms with Crippen LogP contribution in [0.4, 0.5) is 0 Å². The number of rotatable bonds is 6. The first-order valence-electron chi connectivity index (χ1n) is 8.33. The second kappa shape index (κ2) is 7.92. The van der Waals surface area contributed by atoms with Gasteiger partial charge in [0.1, 0.15) is 11.5 Å². The van der Waals surface area contributed by atoms with Crippen molar-refractivity contribution < 1.29 is 19.0 Å². The van der Waals surface area contributed by atoms with Crippen molar-refractivity contribution in [3.8, 4) is 28.7 Å². The van der Waals surface area contributed by atoms with E-state index < -0.39 is 5.41 Å². The van der Waals surface area contributed by atoms with Crippen LogP contribution in [0.2, 0.25) is 0 Å². The van der Waals surface area contributed by atoms with E-state index in [9.17, 15) is 4.79 Å². The summed E-state index contributed by atoms with van der Waals surface area (Å²) in [6.45, 7) is 5.69. The molecule has 2 rings (SSSR count). The second-order valence-electron chi connectivity index (χ2n) is 6.29. The molecule has 0 spiro atoms. The smallest absolute Gasteiger partial charge is 0.315 e. The van der Waals surface area contributed by atoms with Gasteiger partial charge in [0.2, 0.25) is 0 Å². The molecule has 0 unspecified atom stereocenters. The molecule has 0 fully saturated rings. The molecule has 5 nitrogen and oxygen atoms in total. The van der Waals surface area contributed by atoms with Crippen LogP contribution in [0.25, 0.3) is 11.1 Å². The number of carbonyl (C=O) groups is 1. The van der Waals surface area contributed by atoms with Gasteiger partial charge in [-0.3, -0.25) is 4.79 Å². The lowest BCUT2D eigenvalue weighted by atomic mass is 9.83. The Morgan fingerprint density at radius 2 is 1.73 bits per heavy atom. The van der Waals surface area contributed by atoms with Crippen LogP contribution >= 0.6 is 0 Å². The highest BCUT2D eigenvalue weighted by molar-refractivity contribution is 5.85. The zero-order valence-electron chi connectivity index (χ0n) is 15.8. The molecule has 136 valence electrons. The number of carbonyl (C=O) groups excluding carboxylic acids is 1. The first-order valence-corrected chi connectivity index (χ1v) is 8.33. The minimum absolute atomic E-state index is 0.315. The molecule has 5 heteroatoms. The van der Waals surface area contributed by atoms with E-state index in [4.69, 9.17) is 19.5 Å². The highest BCUT2D eigenvalue weighted by Crippen LogP contribution is 2.42. The fraction of sp³-hybridized carbons (Fsp3) is 0.333. The molecule has 0 aliphatic rings. The normalized spacial score (nSPS) is 10.8. The summed E-state index contributed by atoms with van der Waals surface area (Å²) >= 11 is 0. The lowest BCUT2D eigenvalue weighted by Gasteiger charge is -2.25. The first-order chi connectivity index (χ1) is 12.4. The van der Waals surface area contributed by atoms with Crippen LogP contribution in [0.3, 0.4) is 0 Å². The quantitative estimate of drug-likeness (QED) is 0.732. The summed E-state index contributed by atoms with van der Waals surface area (Å²) < 4.78 is 16.3. The van der Waals surface area contributed by atoms with Gasteiger partial charge in [-0.25, -0.2) is 0 Å². The van der Waals surface area contributed by atoms with E-state index in [1.54, 1.807) is 47.1 Å². The van der Waals surface area contributed by atoms with Crippen LogP contribution in [-0.4, -0.2) is 26.8 Å². The summed E-state index contributed by atoms with van der Waals surface area (Å²) in [4.78, 5) is 12.4. The maximum Gasteiger partial charge on any atom is 0.315 e. The number of nitriles is 1. The summed E-state index contributed by atoms with van der Waals surface area (Å²) in [7, 11) is 3.13. The van der Waals surface area contributed by atoms with Crippen LogP contribution in [-0.2, 0) is 14.9 Å². The zero-order valence-corrected chi connectivity index (χ0v) is 15.8. The molecule has 0 atom stereocenters. The van der Waals surface area contributed by atoms with Gasteiger partial charge >= 0.3 is 5.97 Å². The maximum absolute atomic E-state index is 12.4. The summed E-state index contributed by atoms with van der Waals surface area (Å²) in [5, 5.41) is 9.16. The number of hydrogen-bond donors (Lipinski definition) is 0. The number of esters is 1. The van der Waals surface area contributed by atoms with Crippen LogP contribution in [0.5, 0.6) is 11.5 Å². The second-order valence-corrected chi connectivity index (χ2v) is 6.29. The van der Waals surface area contributed by atoms with Crippen LogP contribution in [0.15, 0.2) is 36.4 Å². The Kier molecular flexibility index (Phi) is 5.89. The number of ether oxygens (including phenoxy) is 3. The Hall–Kier alpha value is -3.00. The summed E-state index contributed by atoms with van der Waals surface area (Å²) in [6, 6.07) is 13.0. The molecule has 0 aliphatic carbocycles. The average molecular weight is 353 g/mol. The van der Waals surface area contributed by atoms with Gasteiger partial charge in [0.25, 0.3) is 0 Å². The first kappa shape index (κ1) is 19.3. The van der Waals surface area contributed by atoms with Crippen molar-refractivity contribution in [3.63, 3.8) is 0 Å². The summed E-state index contributed by atoms with van der Waals surface area (Å²) in [5.41, 5.74) is 1.95. The van der Waals surface area contributed by atoms with Crippen molar-refractivity contribution >= 4 is 5.97 Å². The zero-order chi connectivity index (χ0) is 19.3. The number of benzene rings is 2. The molecular weight excluding hydrogens is 330 g/mol. The summed E-state index contributed by atoms with van der Waals surface area (Å²) in [5.74, 6) is 0.807. The van der Waals surface area contributed by atoms with Gasteiger partial charge in [-0.1, -0.05) is 12.1 Å². The van der Waals surface area contributed by atoms with E-state index in [-0.39, 0.29) is 5.97 Å². The lowest BCUT2D eigenvalue weighted by molar-refractivity contribution is -0.148. The van der Waals surface area contributed by atoms with Gasteiger partial charge in [-0.2, -0.15) is 5.26 Å². The van der Waals surface area contributed by atoms with Crippen molar-refractivity contribution in [3.05, 3.63) is 47.5 Å². The van der Waals surface area contributed by atoms with E-state index in [0.717, 1.165) is 16.7 Å². The topological polar surface area (TPSA) is 68.5 Å². The molecule has 0 saturated heterocycles. The SMILES string of the molecule is CCOC(=O)C(C)(C)c1cc(OC)c(-c2cccc(C#N)c2)c(OC)c1. The maximum atomic E-state index is 12.4. The highest BCUT2D eigenvalue weighted by Gasteiger charge is 2.33. The van der Waals surface area contributed by atoms with E-state index >= 15 is 0 Å². The van der Waals surface area contributed by atoms with Gasteiger partial charge in [0.15, 0.2) is 0 Å². The predicted molar refractivity (Wildman–Crippen MR) is 99.4 cm³/mol. The third-order valence-electron chi connectivity index (χ3n) is 4.29. The standard InChI is InChI=1S/C21H23NO4/c1-6-26-20(23)21(2,3)16-11-17(24-4)19(18(12-16)25-5)15-9-7-8-14(10-15)13-22/h7-12H,6H2,1-5H3. The highest BCUT2D eigenvalue weighted by atomic mass is 16.5. The Morgan fingerprint density at radius 1 is 1.12 bits per heavy atom. The molecule has 26 heavy (non-hydrogen) atoms. The minimum atomic E-state index is -0.858. The molecule has 0 saturated carbocycles. The fourth-order valence-electron chi connectivity index (χ4n) is 2.73. The van der Waals surface area contributed by atoms with Crippen molar-refractivity contribution in [2.75, 3.05) is 20.8 Å². The van der Waals surface area contributed by atoms with E-state index in [2.05, 4.69) is 6.07 Å². The van der Waals surface area contributed by atoms with E-state index in [1.165, 1.54) is 0 Å². The largest absolute Gasteiger partial charge is 0.496 e. The molecule has 2 aromatic rings. The molecule has 0 heterocycles. The van der Waals surface area contributed by atoms with Gasteiger partial charge in [-0.15, -0.1) is 0 Å². The molecule has 0 radical (unpaired) electrons. The Balaban J connectivity index is 2.66. The average Bonchev–Trinajstić information content (AvgIpc) is 2.66. The van der Waals surface area contributed by atoms with Gasteiger partial charge < -0.3 is 14.2 Å². The third kappa shape index (κ3) is 3.65. The van der Waals surface area contributed by atoms with Gasteiger partial charge in [-0.05, 0) is 56.2 Å². The fourth-order valence-corrected chi connectivity index (χ4v) is 2.73. The van der Waals surface area contributed by atoms with Crippen molar-refractivity contribution in [2.45, 2.75) is 26.2 Å². The molecule has 0 amide bonds. The number of hydrogen-bond acceptors (Lipinski definition) is 5. The molecule has 0 bridgehead atoms. The van der Waals surface area contributed by atoms with Crippen LogP contribution < -0.4 is 9.47 Å². The molecule has 0 aromatic heterocycles. The van der Waals surface area contributed by atoms with E-state index in [0.29, 0.717) is 23.7 Å². The molecule has 0 N–H and O–H groups in total. The Morgan fingerprint density at radius 3 is 2.23 bits per heavy atom. The number of methoxy groups -OCH3 is 2. The van der Waals surface area contributed by atoms with Crippen LogP contribution in [0, 0.1) is 11.3 Å². The number of nitrogens with zero attached hydrogens (tertiary/aromatic N) is 1. The van der Waals surface area contributed by atoms with E-state index in [1.807, 2.05) is 24.3 Å². The van der Waals surface area contributed by atoms with Gasteiger partial charge in [0.05, 0.1) is 43.4 Å². The summed E-state index contributed by atoms with van der Waals surface area (Å²) in [6.07, 6.45) is 0. The Bertz CT molecular complexity index is 824. The van der Waals surface area contributed by atoms with Crippen LogP contribution in [0.1, 0.15) is 31.9 Å². The molecule has 2 aromatic carbocycles. The monoisotopic (exact) mass is 353 g/mol. The predicted octanol–water partition coefficient (Wildman–Crippen LogP) is 4.08. The van der Waals surface area contributed by atoms with Crippen molar-refractivity contribution in [2.24, 2.45) is 0 Å². The Labute approximate surface area is 154 Å². The lowest BCUT2D eigenvalue weighted by Crippen LogP contribution is -2.31.